The molecule has 0 spiro atoms. The van der Waals surface area contributed by atoms with Gasteiger partial charge in [-0.2, -0.15) is 0 Å². The summed E-state index contributed by atoms with van der Waals surface area (Å²) in [6.07, 6.45) is -0.365. The van der Waals surface area contributed by atoms with Gasteiger partial charge < -0.3 is 5.11 Å². The molecule has 104 valence electrons. The largest absolute Gasteiger partial charge is 0.392 e. The van der Waals surface area contributed by atoms with Crippen LogP contribution in [0, 0.1) is 13.8 Å². The summed E-state index contributed by atoms with van der Waals surface area (Å²) in [6, 6.07) is 0. The predicted molar refractivity (Wildman–Crippen MR) is 79.9 cm³/mol. The highest BCUT2D eigenvalue weighted by molar-refractivity contribution is 7.18. The fourth-order valence-electron chi connectivity index (χ4n) is 2.07. The van der Waals surface area contributed by atoms with E-state index >= 15 is 0 Å². The Kier molecular flexibility index (Phi) is 4.40. The van der Waals surface area contributed by atoms with E-state index in [-0.39, 0.29) is 6.10 Å². The average Bonchev–Trinajstić information content (AvgIpc) is 2.53. The van der Waals surface area contributed by atoms with Crippen molar-refractivity contribution in [2.45, 2.75) is 33.4 Å². The minimum Gasteiger partial charge on any atom is -0.392 e. The summed E-state index contributed by atoms with van der Waals surface area (Å²) in [4.78, 5) is 13.1. The summed E-state index contributed by atoms with van der Waals surface area (Å²) in [7, 11) is 1.93. The molecule has 2 heterocycles. The van der Waals surface area contributed by atoms with Crippen molar-refractivity contribution in [3.63, 3.8) is 0 Å². The van der Waals surface area contributed by atoms with Crippen molar-refractivity contribution in [3.05, 3.63) is 21.4 Å². The molecule has 0 saturated carbocycles. The summed E-state index contributed by atoms with van der Waals surface area (Å²) < 4.78 is 0. The number of hydrogen-bond acceptors (Lipinski definition) is 5. The van der Waals surface area contributed by atoms with E-state index in [1.807, 2.05) is 18.9 Å². The number of fused-ring (bicyclic) bond motifs is 1. The zero-order valence-corrected chi connectivity index (χ0v) is 13.1. The first-order valence-corrected chi connectivity index (χ1v) is 7.36. The fraction of sp³-hybridized carbons (Fsp3) is 0.538. The number of thiophene rings is 1. The summed E-state index contributed by atoms with van der Waals surface area (Å²) in [5, 5.41) is 10.8. The Morgan fingerprint density at radius 1 is 1.37 bits per heavy atom. The third kappa shape index (κ3) is 3.23. The summed E-state index contributed by atoms with van der Waals surface area (Å²) in [5.41, 5.74) is 1.16. The van der Waals surface area contributed by atoms with E-state index in [0.717, 1.165) is 15.8 Å². The second kappa shape index (κ2) is 5.71. The minimum absolute atomic E-state index is 0.365. The maximum atomic E-state index is 9.36. The van der Waals surface area contributed by atoms with Gasteiger partial charge in [0.2, 0.25) is 0 Å². The predicted octanol–water partition coefficient (Wildman–Crippen LogP) is 2.77. The summed E-state index contributed by atoms with van der Waals surface area (Å²) in [5.74, 6) is 0.696. The minimum atomic E-state index is -0.365. The van der Waals surface area contributed by atoms with E-state index in [0.29, 0.717) is 24.1 Å². The van der Waals surface area contributed by atoms with Crippen molar-refractivity contribution in [2.24, 2.45) is 0 Å². The van der Waals surface area contributed by atoms with Crippen LogP contribution < -0.4 is 0 Å². The van der Waals surface area contributed by atoms with Crippen molar-refractivity contribution in [3.8, 4) is 0 Å². The van der Waals surface area contributed by atoms with Crippen molar-refractivity contribution >= 4 is 33.2 Å². The molecule has 1 atom stereocenters. The lowest BCUT2D eigenvalue weighted by Gasteiger charge is -2.17. The van der Waals surface area contributed by atoms with E-state index in [2.05, 4.69) is 16.9 Å². The molecular weight excluding hydrogens is 282 g/mol. The van der Waals surface area contributed by atoms with Gasteiger partial charge in [-0.05, 0) is 33.4 Å². The molecule has 0 aliphatic rings. The number of nitrogens with zero attached hydrogens (tertiary/aromatic N) is 3. The van der Waals surface area contributed by atoms with Crippen LogP contribution in [0.2, 0.25) is 5.15 Å². The molecular formula is C13H18ClN3OS. The number of aryl methyl sites for hydroxylation is 2. The molecule has 0 radical (unpaired) electrons. The van der Waals surface area contributed by atoms with Crippen LogP contribution in [-0.2, 0) is 6.54 Å². The number of aromatic nitrogens is 2. The molecule has 2 rings (SSSR count). The van der Waals surface area contributed by atoms with Gasteiger partial charge in [0.1, 0.15) is 15.8 Å². The SMILES string of the molecule is Cc1sc2nc(CN(C)CC(C)O)nc(Cl)c2c1C. The van der Waals surface area contributed by atoms with Crippen molar-refractivity contribution in [1.29, 1.82) is 0 Å². The van der Waals surface area contributed by atoms with E-state index in [9.17, 15) is 5.11 Å². The molecule has 0 amide bonds. The number of halogens is 1. The third-order valence-electron chi connectivity index (χ3n) is 3.02. The van der Waals surface area contributed by atoms with Gasteiger partial charge in [0, 0.05) is 11.4 Å². The molecule has 0 aliphatic carbocycles. The van der Waals surface area contributed by atoms with Gasteiger partial charge in [-0.25, -0.2) is 9.97 Å². The number of rotatable bonds is 4. The molecule has 0 fully saturated rings. The Labute approximate surface area is 122 Å². The Morgan fingerprint density at radius 3 is 2.68 bits per heavy atom. The first kappa shape index (κ1) is 14.7. The number of aliphatic hydroxyl groups excluding tert-OH is 1. The topological polar surface area (TPSA) is 49.2 Å². The number of hydrogen-bond donors (Lipinski definition) is 1. The smallest absolute Gasteiger partial charge is 0.145 e. The van der Waals surface area contributed by atoms with Crippen LogP contribution in [0.25, 0.3) is 10.2 Å². The zero-order valence-electron chi connectivity index (χ0n) is 11.6. The second-order valence-electron chi connectivity index (χ2n) is 4.94. The quantitative estimate of drug-likeness (QED) is 0.882. The first-order valence-electron chi connectivity index (χ1n) is 6.17. The van der Waals surface area contributed by atoms with Crippen molar-refractivity contribution in [2.75, 3.05) is 13.6 Å². The van der Waals surface area contributed by atoms with Gasteiger partial charge in [-0.3, -0.25) is 4.90 Å². The lowest BCUT2D eigenvalue weighted by Crippen LogP contribution is -2.27. The molecule has 2 aromatic rings. The Bertz CT molecular complexity index is 597. The molecule has 1 unspecified atom stereocenters. The summed E-state index contributed by atoms with van der Waals surface area (Å²) in [6.45, 7) is 7.04. The van der Waals surface area contributed by atoms with Crippen LogP contribution in [0.5, 0.6) is 0 Å². The lowest BCUT2D eigenvalue weighted by molar-refractivity contribution is 0.137. The van der Waals surface area contributed by atoms with Gasteiger partial charge >= 0.3 is 0 Å². The summed E-state index contributed by atoms with van der Waals surface area (Å²) >= 11 is 7.90. The van der Waals surface area contributed by atoms with Crippen LogP contribution in [0.4, 0.5) is 0 Å². The van der Waals surface area contributed by atoms with E-state index in [1.165, 1.54) is 4.88 Å². The number of aliphatic hydroxyl groups is 1. The highest BCUT2D eigenvalue weighted by atomic mass is 35.5. The van der Waals surface area contributed by atoms with Gasteiger partial charge in [-0.1, -0.05) is 11.6 Å². The van der Waals surface area contributed by atoms with Crippen LogP contribution in [0.1, 0.15) is 23.2 Å². The van der Waals surface area contributed by atoms with Crippen LogP contribution >= 0.6 is 22.9 Å². The van der Waals surface area contributed by atoms with Gasteiger partial charge in [0.05, 0.1) is 18.0 Å². The highest BCUT2D eigenvalue weighted by Crippen LogP contribution is 2.32. The average molecular weight is 300 g/mol. The van der Waals surface area contributed by atoms with Crippen LogP contribution in [0.3, 0.4) is 0 Å². The van der Waals surface area contributed by atoms with Gasteiger partial charge in [0.25, 0.3) is 0 Å². The molecule has 0 bridgehead atoms. The Hall–Kier alpha value is -0.750. The maximum absolute atomic E-state index is 9.36. The van der Waals surface area contributed by atoms with Crippen LogP contribution in [-0.4, -0.2) is 39.7 Å². The zero-order chi connectivity index (χ0) is 14.2. The Morgan fingerprint density at radius 2 is 2.05 bits per heavy atom. The van der Waals surface area contributed by atoms with E-state index in [1.54, 1.807) is 18.3 Å². The lowest BCUT2D eigenvalue weighted by atomic mass is 10.2. The molecule has 0 saturated heterocycles. The third-order valence-corrected chi connectivity index (χ3v) is 4.39. The number of likely N-dealkylation sites (N-methyl/N-ethyl adjacent to an activating group) is 1. The molecule has 2 aromatic heterocycles. The maximum Gasteiger partial charge on any atom is 0.145 e. The van der Waals surface area contributed by atoms with E-state index < -0.39 is 0 Å². The molecule has 0 aliphatic heterocycles. The normalized spacial score (nSPS) is 13.4. The highest BCUT2D eigenvalue weighted by Gasteiger charge is 2.14. The monoisotopic (exact) mass is 299 g/mol. The molecule has 1 N–H and O–H groups in total. The van der Waals surface area contributed by atoms with Gasteiger partial charge in [-0.15, -0.1) is 11.3 Å². The van der Waals surface area contributed by atoms with Crippen LogP contribution in [0.15, 0.2) is 0 Å². The fourth-order valence-corrected chi connectivity index (χ4v) is 3.50. The Balaban J connectivity index is 2.31. The van der Waals surface area contributed by atoms with Crippen molar-refractivity contribution in [1.82, 2.24) is 14.9 Å². The van der Waals surface area contributed by atoms with Gasteiger partial charge in [0.15, 0.2) is 0 Å². The molecule has 6 heteroatoms. The first-order chi connectivity index (χ1) is 8.88. The molecule has 0 aromatic carbocycles. The second-order valence-corrected chi connectivity index (χ2v) is 6.50. The molecule has 19 heavy (non-hydrogen) atoms. The molecule has 4 nitrogen and oxygen atoms in total. The van der Waals surface area contributed by atoms with Crippen molar-refractivity contribution < 1.29 is 5.11 Å². The van der Waals surface area contributed by atoms with E-state index in [4.69, 9.17) is 11.6 Å². The standard InChI is InChI=1S/C13H18ClN3OS/c1-7(18)5-17(4)6-10-15-12(14)11-8(2)9(3)19-13(11)16-10/h7,18H,5-6H2,1-4H3.